The van der Waals surface area contributed by atoms with Gasteiger partial charge in [0.2, 0.25) is 0 Å². The Bertz CT molecular complexity index is 716. The summed E-state index contributed by atoms with van der Waals surface area (Å²) in [5.74, 6) is 0.312. The molecule has 4 rings (SSSR count). The SMILES string of the molecule is Cc1ccc(C2NCC[N]C2N2CCNC(c3ccc(O)cc3)C2)cc1. The van der Waals surface area contributed by atoms with E-state index in [2.05, 4.69) is 46.7 Å². The molecule has 1 radical (unpaired) electrons. The topological polar surface area (TPSA) is 61.6 Å². The first-order valence-electron chi connectivity index (χ1n) is 9.43. The number of benzene rings is 2. The molecule has 2 fully saturated rings. The highest BCUT2D eigenvalue weighted by atomic mass is 16.3. The number of aryl methyl sites for hydroxylation is 1. The predicted octanol–water partition coefficient (Wildman–Crippen LogP) is 1.92. The third-order valence-corrected chi connectivity index (χ3v) is 5.40. The minimum Gasteiger partial charge on any atom is -0.508 e. The Kier molecular flexibility index (Phi) is 5.22. The Morgan fingerprint density at radius 3 is 2.46 bits per heavy atom. The summed E-state index contributed by atoms with van der Waals surface area (Å²) in [5, 5.41) is 21.8. The summed E-state index contributed by atoms with van der Waals surface area (Å²) >= 11 is 0. The van der Waals surface area contributed by atoms with Gasteiger partial charge in [-0.3, -0.25) is 4.90 Å². The van der Waals surface area contributed by atoms with E-state index in [0.717, 1.165) is 32.7 Å². The van der Waals surface area contributed by atoms with Crippen LogP contribution in [0.2, 0.25) is 0 Å². The fourth-order valence-corrected chi connectivity index (χ4v) is 3.96. The first kappa shape index (κ1) is 17.5. The minimum absolute atomic E-state index is 0.160. The van der Waals surface area contributed by atoms with Gasteiger partial charge in [-0.2, -0.15) is 0 Å². The summed E-state index contributed by atoms with van der Waals surface area (Å²) in [4.78, 5) is 2.49. The van der Waals surface area contributed by atoms with Crippen LogP contribution in [0, 0.1) is 6.92 Å². The highest BCUT2D eigenvalue weighted by Gasteiger charge is 2.34. The number of phenolic OH excluding ortho intramolecular Hbond substituents is 1. The lowest BCUT2D eigenvalue weighted by atomic mass is 9.98. The van der Waals surface area contributed by atoms with Crippen molar-refractivity contribution >= 4 is 0 Å². The number of piperazine rings is 2. The molecule has 0 aliphatic carbocycles. The molecule has 2 saturated heterocycles. The molecule has 5 nitrogen and oxygen atoms in total. The number of nitrogens with one attached hydrogen (secondary N) is 2. The second kappa shape index (κ2) is 7.76. The van der Waals surface area contributed by atoms with Gasteiger partial charge in [-0.25, -0.2) is 5.32 Å². The molecule has 0 spiro atoms. The predicted molar refractivity (Wildman–Crippen MR) is 103 cm³/mol. The van der Waals surface area contributed by atoms with Gasteiger partial charge < -0.3 is 15.7 Å². The maximum atomic E-state index is 9.54. The molecule has 3 unspecified atom stereocenters. The van der Waals surface area contributed by atoms with E-state index < -0.39 is 0 Å². The van der Waals surface area contributed by atoms with Crippen molar-refractivity contribution in [2.45, 2.75) is 25.2 Å². The Labute approximate surface area is 155 Å². The van der Waals surface area contributed by atoms with Crippen molar-refractivity contribution in [3.8, 4) is 5.75 Å². The Hall–Kier alpha value is -1.92. The highest BCUT2D eigenvalue weighted by Crippen LogP contribution is 2.27. The Morgan fingerprint density at radius 2 is 1.69 bits per heavy atom. The van der Waals surface area contributed by atoms with Gasteiger partial charge >= 0.3 is 0 Å². The van der Waals surface area contributed by atoms with Crippen molar-refractivity contribution < 1.29 is 5.11 Å². The lowest BCUT2D eigenvalue weighted by Gasteiger charge is -2.44. The first-order valence-corrected chi connectivity index (χ1v) is 9.43. The fraction of sp³-hybridized carbons (Fsp3) is 0.429. The maximum absolute atomic E-state index is 9.54. The van der Waals surface area contributed by atoms with Gasteiger partial charge in [0, 0.05) is 38.8 Å². The molecule has 0 amide bonds. The molecule has 2 aliphatic rings. The molecule has 2 aliphatic heterocycles. The van der Waals surface area contributed by atoms with Gasteiger partial charge in [0.1, 0.15) is 5.75 Å². The average molecular weight is 351 g/mol. The van der Waals surface area contributed by atoms with Gasteiger partial charge in [0.25, 0.3) is 0 Å². The lowest BCUT2D eigenvalue weighted by Crippen LogP contribution is -2.60. The normalized spacial score (nSPS) is 27.3. The van der Waals surface area contributed by atoms with E-state index in [1.54, 1.807) is 12.1 Å². The van der Waals surface area contributed by atoms with Crippen LogP contribution in [-0.4, -0.2) is 48.9 Å². The number of aromatic hydroxyl groups is 1. The van der Waals surface area contributed by atoms with Crippen molar-refractivity contribution in [3.63, 3.8) is 0 Å². The standard InChI is InChI=1S/C21H27N4O/c1-15-2-4-17(5-3-15)20-21(24-11-10-23-20)25-13-12-22-19(14-25)16-6-8-18(26)9-7-16/h2-9,19-23,26H,10-14H2,1H3. The first-order chi connectivity index (χ1) is 12.7. The summed E-state index contributed by atoms with van der Waals surface area (Å²) in [6.45, 7) is 6.77. The number of phenols is 1. The smallest absolute Gasteiger partial charge is 0.115 e. The molecule has 2 aromatic carbocycles. The zero-order valence-corrected chi connectivity index (χ0v) is 15.2. The maximum Gasteiger partial charge on any atom is 0.115 e. The molecule has 3 atom stereocenters. The summed E-state index contributed by atoms with van der Waals surface area (Å²) in [7, 11) is 0. The second-order valence-corrected chi connectivity index (χ2v) is 7.26. The number of rotatable bonds is 3. The average Bonchev–Trinajstić information content (AvgIpc) is 2.69. The van der Waals surface area contributed by atoms with Crippen LogP contribution in [0.15, 0.2) is 48.5 Å². The second-order valence-electron chi connectivity index (χ2n) is 7.26. The molecule has 3 N–H and O–H groups in total. The largest absolute Gasteiger partial charge is 0.508 e. The van der Waals surface area contributed by atoms with Crippen LogP contribution in [0.1, 0.15) is 28.8 Å². The van der Waals surface area contributed by atoms with Crippen LogP contribution in [0.3, 0.4) is 0 Å². The molecule has 26 heavy (non-hydrogen) atoms. The fourth-order valence-electron chi connectivity index (χ4n) is 3.96. The van der Waals surface area contributed by atoms with Gasteiger partial charge in [0.15, 0.2) is 0 Å². The van der Waals surface area contributed by atoms with E-state index in [9.17, 15) is 5.11 Å². The van der Waals surface area contributed by atoms with Crippen LogP contribution in [0.5, 0.6) is 5.75 Å². The molecule has 2 aromatic rings. The van der Waals surface area contributed by atoms with Gasteiger partial charge in [-0.15, -0.1) is 0 Å². The van der Waals surface area contributed by atoms with Crippen molar-refractivity contribution in [1.29, 1.82) is 0 Å². The van der Waals surface area contributed by atoms with Gasteiger partial charge in [0.05, 0.1) is 12.2 Å². The molecule has 0 bridgehead atoms. The Balaban J connectivity index is 1.52. The molecule has 137 valence electrons. The van der Waals surface area contributed by atoms with E-state index in [1.807, 2.05) is 12.1 Å². The van der Waals surface area contributed by atoms with E-state index in [-0.39, 0.29) is 18.2 Å². The third kappa shape index (κ3) is 3.76. The van der Waals surface area contributed by atoms with E-state index in [4.69, 9.17) is 5.32 Å². The summed E-state index contributed by atoms with van der Waals surface area (Å²) in [5.41, 5.74) is 3.81. The van der Waals surface area contributed by atoms with Gasteiger partial charge in [-0.1, -0.05) is 42.0 Å². The zero-order chi connectivity index (χ0) is 17.9. The molecule has 0 aromatic heterocycles. The number of hydrogen-bond donors (Lipinski definition) is 3. The van der Waals surface area contributed by atoms with E-state index >= 15 is 0 Å². The lowest BCUT2D eigenvalue weighted by molar-refractivity contribution is 0.0752. The van der Waals surface area contributed by atoms with Crippen LogP contribution in [-0.2, 0) is 0 Å². The zero-order valence-electron chi connectivity index (χ0n) is 15.2. The third-order valence-electron chi connectivity index (χ3n) is 5.40. The van der Waals surface area contributed by atoms with Gasteiger partial charge in [-0.05, 0) is 30.2 Å². The molecule has 0 saturated carbocycles. The van der Waals surface area contributed by atoms with E-state index in [0.29, 0.717) is 5.75 Å². The summed E-state index contributed by atoms with van der Waals surface area (Å²) in [6.07, 6.45) is 0.160. The van der Waals surface area contributed by atoms with E-state index in [1.165, 1.54) is 16.7 Å². The van der Waals surface area contributed by atoms with Crippen LogP contribution in [0.25, 0.3) is 0 Å². The number of hydrogen-bond acceptors (Lipinski definition) is 4. The van der Waals surface area contributed by atoms with Crippen LogP contribution in [0.4, 0.5) is 0 Å². The van der Waals surface area contributed by atoms with Crippen LogP contribution >= 0.6 is 0 Å². The molecule has 5 heteroatoms. The summed E-state index contributed by atoms with van der Waals surface area (Å²) < 4.78 is 0. The molecule has 2 heterocycles. The monoisotopic (exact) mass is 351 g/mol. The summed E-state index contributed by atoms with van der Waals surface area (Å²) in [6, 6.07) is 16.8. The van der Waals surface area contributed by atoms with Crippen LogP contribution < -0.4 is 16.0 Å². The highest BCUT2D eigenvalue weighted by molar-refractivity contribution is 5.29. The molecular weight excluding hydrogens is 324 g/mol. The van der Waals surface area contributed by atoms with Crippen molar-refractivity contribution in [1.82, 2.24) is 20.9 Å². The molecular formula is C21H27N4O. The van der Waals surface area contributed by atoms with Crippen molar-refractivity contribution in [2.24, 2.45) is 0 Å². The minimum atomic E-state index is 0.160. The quantitative estimate of drug-likeness (QED) is 0.791. The Morgan fingerprint density at radius 1 is 0.962 bits per heavy atom. The van der Waals surface area contributed by atoms with Crippen molar-refractivity contribution in [3.05, 3.63) is 65.2 Å². The number of nitrogens with zero attached hydrogens (tertiary/aromatic N) is 2. The van der Waals surface area contributed by atoms with Crippen molar-refractivity contribution in [2.75, 3.05) is 32.7 Å².